The molecule has 27 heavy (non-hydrogen) atoms. The van der Waals surface area contributed by atoms with Gasteiger partial charge in [0.15, 0.2) is 0 Å². The zero-order valence-corrected chi connectivity index (χ0v) is 15.0. The van der Waals surface area contributed by atoms with E-state index in [2.05, 4.69) is 29.2 Å². The molecule has 0 unspecified atom stereocenters. The van der Waals surface area contributed by atoms with Gasteiger partial charge in [0.05, 0.1) is 0 Å². The first-order chi connectivity index (χ1) is 13.2. The summed E-state index contributed by atoms with van der Waals surface area (Å²) in [6.07, 6.45) is 1.01. The smallest absolute Gasteiger partial charge is 0.261 e. The van der Waals surface area contributed by atoms with E-state index < -0.39 is 0 Å². The van der Waals surface area contributed by atoms with E-state index in [4.69, 9.17) is 0 Å². The molecule has 5 rings (SSSR count). The second-order valence-electron chi connectivity index (χ2n) is 7.27. The minimum atomic E-state index is -0.179. The second kappa shape index (κ2) is 6.32. The highest BCUT2D eigenvalue weighted by Gasteiger charge is 2.32. The molecule has 134 valence electrons. The van der Waals surface area contributed by atoms with Crippen molar-refractivity contribution in [3.05, 3.63) is 82.9 Å². The maximum Gasteiger partial charge on any atom is 0.261 e. The molecule has 2 aliphatic heterocycles. The highest BCUT2D eigenvalue weighted by molar-refractivity contribution is 6.25. The number of imide groups is 1. The molecule has 0 N–H and O–H groups in total. The Kier molecular flexibility index (Phi) is 3.80. The molecule has 4 heteroatoms. The zero-order chi connectivity index (χ0) is 18.4. The SMILES string of the molecule is O=C1c2cccc3cccc(c23)C(=O)N1CCN1CCc2ccccc2C1. The van der Waals surface area contributed by atoms with Gasteiger partial charge < -0.3 is 0 Å². The van der Waals surface area contributed by atoms with Crippen LogP contribution in [0.3, 0.4) is 0 Å². The van der Waals surface area contributed by atoms with Crippen molar-refractivity contribution in [2.75, 3.05) is 19.6 Å². The van der Waals surface area contributed by atoms with Crippen LogP contribution in [0.25, 0.3) is 10.8 Å². The van der Waals surface area contributed by atoms with Crippen LogP contribution in [0.15, 0.2) is 60.7 Å². The lowest BCUT2D eigenvalue weighted by Gasteiger charge is -2.32. The number of carbonyl (C=O) groups excluding carboxylic acids is 2. The summed E-state index contributed by atoms with van der Waals surface area (Å²) in [5.41, 5.74) is 4.01. The molecule has 3 aromatic carbocycles. The summed E-state index contributed by atoms with van der Waals surface area (Å²) in [5, 5.41) is 1.73. The van der Waals surface area contributed by atoms with Crippen molar-refractivity contribution >= 4 is 22.6 Å². The quantitative estimate of drug-likeness (QED) is 0.675. The van der Waals surface area contributed by atoms with Gasteiger partial charge in [0, 0.05) is 42.7 Å². The van der Waals surface area contributed by atoms with Crippen LogP contribution in [0.1, 0.15) is 31.8 Å². The normalized spacial score (nSPS) is 16.7. The van der Waals surface area contributed by atoms with Gasteiger partial charge in [-0.15, -0.1) is 0 Å². The Morgan fingerprint density at radius 1 is 0.741 bits per heavy atom. The molecular formula is C23H20N2O2. The summed E-state index contributed by atoms with van der Waals surface area (Å²) in [5.74, 6) is -0.358. The maximum atomic E-state index is 13.0. The molecule has 0 aromatic heterocycles. The number of hydrogen-bond acceptors (Lipinski definition) is 3. The summed E-state index contributed by atoms with van der Waals surface area (Å²) in [4.78, 5) is 29.7. The molecule has 3 aromatic rings. The van der Waals surface area contributed by atoms with Crippen LogP contribution in [-0.2, 0) is 13.0 Å². The molecule has 0 spiro atoms. The maximum absolute atomic E-state index is 13.0. The first kappa shape index (κ1) is 16.2. The third-order valence-electron chi connectivity index (χ3n) is 5.71. The van der Waals surface area contributed by atoms with E-state index in [-0.39, 0.29) is 11.8 Å². The van der Waals surface area contributed by atoms with E-state index >= 15 is 0 Å². The van der Waals surface area contributed by atoms with Crippen LogP contribution >= 0.6 is 0 Å². The van der Waals surface area contributed by atoms with Crippen molar-refractivity contribution in [1.82, 2.24) is 9.80 Å². The fourth-order valence-corrected chi connectivity index (χ4v) is 4.27. The van der Waals surface area contributed by atoms with Crippen LogP contribution in [0, 0.1) is 0 Å². The predicted octanol–water partition coefficient (Wildman–Crippen LogP) is 3.49. The van der Waals surface area contributed by atoms with Gasteiger partial charge in [-0.1, -0.05) is 48.5 Å². The molecule has 2 aliphatic rings. The Bertz CT molecular complexity index is 1020. The molecule has 2 amide bonds. The van der Waals surface area contributed by atoms with E-state index in [9.17, 15) is 9.59 Å². The molecule has 0 saturated heterocycles. The van der Waals surface area contributed by atoms with Crippen LogP contribution in [0.5, 0.6) is 0 Å². The Labute approximate surface area is 158 Å². The van der Waals surface area contributed by atoms with Gasteiger partial charge >= 0.3 is 0 Å². The molecule has 0 saturated carbocycles. The predicted molar refractivity (Wildman–Crippen MR) is 105 cm³/mol. The standard InChI is InChI=1S/C23H20N2O2/c26-22-19-9-3-7-17-8-4-10-20(21(17)19)23(27)25(22)14-13-24-12-11-16-5-1-2-6-18(16)15-24/h1-10H,11-15H2. The molecule has 0 fully saturated rings. The monoisotopic (exact) mass is 356 g/mol. The number of amides is 2. The molecule has 0 aliphatic carbocycles. The summed E-state index contributed by atoms with van der Waals surface area (Å²) in [6, 6.07) is 19.8. The average Bonchev–Trinajstić information content (AvgIpc) is 2.71. The number of benzene rings is 3. The molecule has 4 nitrogen and oxygen atoms in total. The van der Waals surface area contributed by atoms with Gasteiger partial charge in [-0.2, -0.15) is 0 Å². The van der Waals surface area contributed by atoms with Gasteiger partial charge in [-0.05, 0) is 35.1 Å². The van der Waals surface area contributed by atoms with Gasteiger partial charge in [0.1, 0.15) is 0 Å². The minimum absolute atomic E-state index is 0.179. The van der Waals surface area contributed by atoms with Gasteiger partial charge in [-0.25, -0.2) is 0 Å². The number of hydrogen-bond donors (Lipinski definition) is 0. The molecule has 2 heterocycles. The van der Waals surface area contributed by atoms with Gasteiger partial charge in [0.2, 0.25) is 0 Å². The second-order valence-corrected chi connectivity index (χ2v) is 7.27. The molecular weight excluding hydrogens is 336 g/mol. The van der Waals surface area contributed by atoms with Crippen molar-refractivity contribution in [3.63, 3.8) is 0 Å². The van der Waals surface area contributed by atoms with E-state index in [0.29, 0.717) is 24.2 Å². The van der Waals surface area contributed by atoms with Crippen LogP contribution < -0.4 is 0 Å². The first-order valence-electron chi connectivity index (χ1n) is 9.39. The van der Waals surface area contributed by atoms with Crippen molar-refractivity contribution < 1.29 is 9.59 Å². The largest absolute Gasteiger partial charge is 0.297 e. The van der Waals surface area contributed by atoms with Crippen LogP contribution in [-0.4, -0.2) is 41.2 Å². The zero-order valence-electron chi connectivity index (χ0n) is 15.0. The van der Waals surface area contributed by atoms with Crippen LogP contribution in [0.4, 0.5) is 0 Å². The summed E-state index contributed by atoms with van der Waals surface area (Å²) in [7, 11) is 0. The van der Waals surface area contributed by atoms with Crippen LogP contribution in [0.2, 0.25) is 0 Å². The van der Waals surface area contributed by atoms with E-state index in [1.165, 1.54) is 16.0 Å². The number of fused-ring (bicyclic) bond motifs is 1. The lowest BCUT2D eigenvalue weighted by Crippen LogP contribution is -2.45. The lowest BCUT2D eigenvalue weighted by atomic mass is 9.94. The number of rotatable bonds is 3. The Morgan fingerprint density at radius 2 is 1.41 bits per heavy atom. The third kappa shape index (κ3) is 2.64. The summed E-state index contributed by atoms with van der Waals surface area (Å²) in [6.45, 7) is 2.95. The number of nitrogens with zero attached hydrogens (tertiary/aromatic N) is 2. The van der Waals surface area contributed by atoms with E-state index in [0.717, 1.165) is 30.3 Å². The third-order valence-corrected chi connectivity index (χ3v) is 5.71. The molecule has 0 bridgehead atoms. The first-order valence-corrected chi connectivity index (χ1v) is 9.39. The number of carbonyl (C=O) groups is 2. The van der Waals surface area contributed by atoms with Crippen molar-refractivity contribution in [3.8, 4) is 0 Å². The average molecular weight is 356 g/mol. The summed E-state index contributed by atoms with van der Waals surface area (Å²) < 4.78 is 0. The van der Waals surface area contributed by atoms with E-state index in [1.54, 1.807) is 0 Å². The minimum Gasteiger partial charge on any atom is -0.297 e. The van der Waals surface area contributed by atoms with Crippen molar-refractivity contribution in [1.29, 1.82) is 0 Å². The Hall–Kier alpha value is -2.98. The summed E-state index contributed by atoms with van der Waals surface area (Å²) >= 11 is 0. The van der Waals surface area contributed by atoms with E-state index in [1.807, 2.05) is 36.4 Å². The molecule has 0 radical (unpaired) electrons. The fourth-order valence-electron chi connectivity index (χ4n) is 4.27. The topological polar surface area (TPSA) is 40.6 Å². The van der Waals surface area contributed by atoms with Crippen molar-refractivity contribution in [2.45, 2.75) is 13.0 Å². The highest BCUT2D eigenvalue weighted by Crippen LogP contribution is 2.30. The lowest BCUT2D eigenvalue weighted by molar-refractivity contribution is 0.0589. The fraction of sp³-hybridized carbons (Fsp3) is 0.217. The Morgan fingerprint density at radius 3 is 2.11 bits per heavy atom. The molecule has 0 atom stereocenters. The van der Waals surface area contributed by atoms with Gasteiger partial charge in [-0.3, -0.25) is 19.4 Å². The Balaban J connectivity index is 1.38. The van der Waals surface area contributed by atoms with Crippen molar-refractivity contribution in [2.24, 2.45) is 0 Å². The van der Waals surface area contributed by atoms with Gasteiger partial charge in [0.25, 0.3) is 11.8 Å². The highest BCUT2D eigenvalue weighted by atomic mass is 16.2.